The number of fused-ring (bicyclic) bond motifs is 1. The molecule has 2 heterocycles. The van der Waals surface area contributed by atoms with Crippen molar-refractivity contribution in [2.75, 3.05) is 13.8 Å². The van der Waals surface area contributed by atoms with Crippen molar-refractivity contribution in [3.05, 3.63) is 71.5 Å². The zero-order chi connectivity index (χ0) is 22.3. The summed E-state index contributed by atoms with van der Waals surface area (Å²) in [5, 5.41) is 10.6. The summed E-state index contributed by atoms with van der Waals surface area (Å²) in [5.74, 6) is 1.40. The van der Waals surface area contributed by atoms with Gasteiger partial charge in [-0.1, -0.05) is 24.3 Å². The Balaban J connectivity index is 0.00000306. The molecule has 8 nitrogen and oxygen atoms in total. The molecule has 4 rings (SSSR count). The summed E-state index contributed by atoms with van der Waals surface area (Å²) in [6, 6.07) is 13.0. The van der Waals surface area contributed by atoms with Crippen molar-refractivity contribution in [1.82, 2.24) is 20.4 Å². The Morgan fingerprint density at radius 1 is 1.09 bits per heavy atom. The molecule has 11 heteroatoms. The minimum atomic E-state index is -2.95. The number of guanidine groups is 1. The van der Waals surface area contributed by atoms with Crippen molar-refractivity contribution >= 4 is 29.9 Å². The van der Waals surface area contributed by atoms with Crippen LogP contribution in [0.15, 0.2) is 59.9 Å². The normalized spacial score (nSPS) is 12.4. The van der Waals surface area contributed by atoms with Crippen molar-refractivity contribution in [1.29, 1.82) is 0 Å². The highest BCUT2D eigenvalue weighted by molar-refractivity contribution is 14.0. The molecule has 0 fully saturated rings. The minimum absolute atomic E-state index is 0. The highest BCUT2D eigenvalue weighted by Gasteiger charge is 2.20. The van der Waals surface area contributed by atoms with Gasteiger partial charge in [0, 0.05) is 44.2 Å². The van der Waals surface area contributed by atoms with Gasteiger partial charge >= 0.3 is 6.61 Å². The second-order valence-corrected chi connectivity index (χ2v) is 6.94. The quantitative estimate of drug-likeness (QED) is 0.244. The summed E-state index contributed by atoms with van der Waals surface area (Å²) in [5.41, 5.74) is 2.72. The fourth-order valence-electron chi connectivity index (χ4n) is 3.34. The van der Waals surface area contributed by atoms with Crippen LogP contribution in [0.2, 0.25) is 0 Å². The predicted molar refractivity (Wildman–Crippen MR) is 129 cm³/mol. The van der Waals surface area contributed by atoms with Gasteiger partial charge in [0.05, 0.1) is 6.54 Å². The zero-order valence-electron chi connectivity index (χ0n) is 17.8. The van der Waals surface area contributed by atoms with Crippen molar-refractivity contribution in [3.63, 3.8) is 0 Å². The number of hydrogen-bond donors (Lipinski definition) is 2. The smallest absolute Gasteiger partial charge is 0.387 e. The minimum Gasteiger partial charge on any atom is -0.454 e. The van der Waals surface area contributed by atoms with Gasteiger partial charge in [-0.25, -0.2) is 0 Å². The van der Waals surface area contributed by atoms with Crippen LogP contribution in [0.4, 0.5) is 8.78 Å². The Labute approximate surface area is 207 Å². The molecule has 0 spiro atoms. The largest absolute Gasteiger partial charge is 0.454 e. The van der Waals surface area contributed by atoms with Gasteiger partial charge in [-0.05, 0) is 23.3 Å². The monoisotopic (exact) mass is 571 g/mol. The van der Waals surface area contributed by atoms with E-state index in [1.54, 1.807) is 19.3 Å². The van der Waals surface area contributed by atoms with Gasteiger partial charge in [-0.3, -0.25) is 9.67 Å². The van der Waals surface area contributed by atoms with E-state index >= 15 is 0 Å². The van der Waals surface area contributed by atoms with Gasteiger partial charge in [0.1, 0.15) is 5.75 Å². The number of benzene rings is 2. The van der Waals surface area contributed by atoms with E-state index in [9.17, 15) is 8.78 Å². The first-order valence-corrected chi connectivity index (χ1v) is 9.98. The molecule has 2 aromatic carbocycles. The first kappa shape index (κ1) is 24.6. The highest BCUT2D eigenvalue weighted by atomic mass is 127. The molecule has 0 aliphatic carbocycles. The van der Waals surface area contributed by atoms with E-state index in [1.807, 2.05) is 35.1 Å². The van der Waals surface area contributed by atoms with Crippen LogP contribution in [0, 0.1) is 0 Å². The Bertz CT molecular complexity index is 1080. The summed E-state index contributed by atoms with van der Waals surface area (Å²) >= 11 is 0. The standard InChI is InChI=1S/C22H23F2N5O3.HI/c1-25-22(26-11-15-5-2-3-6-16(15)13-29-8-4-7-28-29)27-12-17-9-19-20(31-14-30-19)10-18(17)32-21(23)24;/h2-10,21H,11-14H2,1H3,(H2,25,26,27);1H. The average molecular weight is 571 g/mol. The number of aromatic nitrogens is 2. The number of ether oxygens (including phenoxy) is 3. The maximum Gasteiger partial charge on any atom is 0.387 e. The molecule has 0 saturated carbocycles. The molecule has 176 valence electrons. The van der Waals surface area contributed by atoms with Crippen LogP contribution < -0.4 is 24.8 Å². The molecule has 1 aliphatic heterocycles. The molecule has 0 bridgehead atoms. The molecule has 33 heavy (non-hydrogen) atoms. The van der Waals surface area contributed by atoms with Gasteiger partial charge < -0.3 is 24.8 Å². The number of nitrogens with zero attached hydrogens (tertiary/aromatic N) is 3. The van der Waals surface area contributed by atoms with Crippen LogP contribution in [0.1, 0.15) is 16.7 Å². The Hall–Kier alpha value is -3.09. The fourth-order valence-corrected chi connectivity index (χ4v) is 3.34. The molecule has 0 amide bonds. The maximum atomic E-state index is 12.8. The SMILES string of the molecule is CN=C(NCc1ccccc1Cn1cccn1)NCc1cc2c(cc1OC(F)F)OCO2.I. The van der Waals surface area contributed by atoms with Crippen LogP contribution in [0.25, 0.3) is 0 Å². The molecular formula is C22H24F2IN5O3. The highest BCUT2D eigenvalue weighted by Crippen LogP contribution is 2.38. The van der Waals surface area contributed by atoms with Crippen molar-refractivity contribution < 1.29 is 23.0 Å². The number of nitrogens with one attached hydrogen (secondary N) is 2. The molecule has 1 aromatic heterocycles. The van der Waals surface area contributed by atoms with E-state index in [0.717, 1.165) is 11.1 Å². The van der Waals surface area contributed by atoms with Gasteiger partial charge in [0.25, 0.3) is 0 Å². The summed E-state index contributed by atoms with van der Waals surface area (Å²) < 4.78 is 42.8. The zero-order valence-corrected chi connectivity index (χ0v) is 20.2. The number of hydrogen-bond acceptors (Lipinski definition) is 5. The van der Waals surface area contributed by atoms with Crippen LogP contribution in [0.5, 0.6) is 17.2 Å². The Morgan fingerprint density at radius 2 is 1.79 bits per heavy atom. The van der Waals surface area contributed by atoms with Crippen LogP contribution >= 0.6 is 24.0 Å². The van der Waals surface area contributed by atoms with Crippen LogP contribution in [0.3, 0.4) is 0 Å². The molecule has 2 N–H and O–H groups in total. The average Bonchev–Trinajstić information content (AvgIpc) is 3.46. The Kier molecular flexibility index (Phi) is 8.69. The molecule has 0 saturated heterocycles. The number of alkyl halides is 2. The first-order chi connectivity index (χ1) is 15.6. The Morgan fingerprint density at radius 3 is 2.45 bits per heavy atom. The van der Waals surface area contributed by atoms with Gasteiger partial charge in [0.15, 0.2) is 17.5 Å². The van der Waals surface area contributed by atoms with E-state index < -0.39 is 6.61 Å². The van der Waals surface area contributed by atoms with Crippen molar-refractivity contribution in [3.8, 4) is 17.2 Å². The predicted octanol–water partition coefficient (Wildman–Crippen LogP) is 3.74. The topological polar surface area (TPSA) is 81.9 Å². The first-order valence-electron chi connectivity index (χ1n) is 9.98. The van der Waals surface area contributed by atoms with Crippen molar-refractivity contribution in [2.24, 2.45) is 4.99 Å². The van der Waals surface area contributed by atoms with E-state index in [2.05, 4.69) is 31.5 Å². The van der Waals surface area contributed by atoms with Gasteiger partial charge in [-0.2, -0.15) is 13.9 Å². The third-order valence-electron chi connectivity index (χ3n) is 4.90. The fraction of sp³-hybridized carbons (Fsp3) is 0.273. The lowest BCUT2D eigenvalue weighted by molar-refractivity contribution is -0.0505. The third-order valence-corrected chi connectivity index (χ3v) is 4.90. The van der Waals surface area contributed by atoms with Gasteiger partial charge in [-0.15, -0.1) is 24.0 Å². The summed E-state index contributed by atoms with van der Waals surface area (Å²) in [6.45, 7) is -1.52. The van der Waals surface area contributed by atoms with E-state index in [1.165, 1.54) is 6.07 Å². The number of rotatable bonds is 8. The summed E-state index contributed by atoms with van der Waals surface area (Å²) in [7, 11) is 1.64. The lowest BCUT2D eigenvalue weighted by atomic mass is 10.1. The van der Waals surface area contributed by atoms with Crippen LogP contribution in [-0.4, -0.2) is 36.2 Å². The number of halogens is 3. The second kappa shape index (κ2) is 11.7. The molecule has 3 aromatic rings. The second-order valence-electron chi connectivity index (χ2n) is 6.94. The molecule has 0 atom stereocenters. The van der Waals surface area contributed by atoms with E-state index in [-0.39, 0.29) is 43.1 Å². The van der Waals surface area contributed by atoms with E-state index in [4.69, 9.17) is 9.47 Å². The number of aliphatic imine (C=N–C) groups is 1. The molecule has 0 radical (unpaired) electrons. The van der Waals surface area contributed by atoms with Crippen LogP contribution in [-0.2, 0) is 19.6 Å². The lowest BCUT2D eigenvalue weighted by Gasteiger charge is -2.16. The van der Waals surface area contributed by atoms with Crippen molar-refractivity contribution in [2.45, 2.75) is 26.2 Å². The third kappa shape index (κ3) is 6.46. The summed E-state index contributed by atoms with van der Waals surface area (Å²) in [6.07, 6.45) is 3.66. The molecule has 1 aliphatic rings. The molecular weight excluding hydrogens is 547 g/mol. The van der Waals surface area contributed by atoms with Gasteiger partial charge in [0.2, 0.25) is 6.79 Å². The lowest BCUT2D eigenvalue weighted by Crippen LogP contribution is -2.36. The maximum absolute atomic E-state index is 12.8. The summed E-state index contributed by atoms with van der Waals surface area (Å²) in [4.78, 5) is 4.22. The van der Waals surface area contributed by atoms with E-state index in [0.29, 0.717) is 36.1 Å². The molecule has 0 unspecified atom stereocenters.